The maximum absolute atomic E-state index is 5.74. The summed E-state index contributed by atoms with van der Waals surface area (Å²) in [5.41, 5.74) is 7.42. The number of nitrogens with zero attached hydrogens (tertiary/aromatic N) is 2. The zero-order valence-corrected chi connectivity index (χ0v) is 7.99. The lowest BCUT2D eigenvalue weighted by atomic mass is 10.3. The first-order chi connectivity index (χ1) is 6.81. The van der Waals surface area contributed by atoms with Crippen molar-refractivity contribution in [2.75, 3.05) is 17.6 Å². The molecule has 0 aliphatic heterocycles. The molecule has 0 atom stereocenters. The van der Waals surface area contributed by atoms with Crippen molar-refractivity contribution in [3.05, 3.63) is 24.3 Å². The molecule has 0 fully saturated rings. The van der Waals surface area contributed by atoms with E-state index in [2.05, 4.69) is 15.3 Å². The molecule has 0 spiro atoms. The second kappa shape index (κ2) is 3.49. The minimum absolute atomic E-state index is 0.450. The Labute approximate surface area is 82.2 Å². The van der Waals surface area contributed by atoms with Gasteiger partial charge in [0.05, 0.1) is 11.0 Å². The molecule has 2 rings (SSSR count). The monoisotopic (exact) mass is 188 g/mol. The average Bonchev–Trinajstić information content (AvgIpc) is 2.19. The van der Waals surface area contributed by atoms with Gasteiger partial charge in [-0.2, -0.15) is 0 Å². The number of aromatic nitrogens is 2. The number of nitrogens with two attached hydrogens (primary N) is 1. The molecular weight excluding hydrogens is 176 g/mol. The van der Waals surface area contributed by atoms with Crippen LogP contribution in [0.1, 0.15) is 6.92 Å². The van der Waals surface area contributed by atoms with Crippen molar-refractivity contribution in [2.24, 2.45) is 0 Å². The smallest absolute Gasteiger partial charge is 0.169 e. The molecule has 0 saturated heterocycles. The van der Waals surface area contributed by atoms with Crippen LogP contribution < -0.4 is 11.1 Å². The van der Waals surface area contributed by atoms with E-state index < -0.39 is 0 Å². The Balaban J connectivity index is 2.59. The van der Waals surface area contributed by atoms with Crippen LogP contribution in [0.25, 0.3) is 11.0 Å². The number of rotatable bonds is 2. The molecule has 4 heteroatoms. The van der Waals surface area contributed by atoms with Gasteiger partial charge >= 0.3 is 0 Å². The lowest BCUT2D eigenvalue weighted by Crippen LogP contribution is -2.05. The molecule has 0 aliphatic rings. The highest BCUT2D eigenvalue weighted by atomic mass is 15.1. The topological polar surface area (TPSA) is 63.8 Å². The number of benzene rings is 1. The highest BCUT2D eigenvalue weighted by molar-refractivity contribution is 5.79. The first-order valence-electron chi connectivity index (χ1n) is 4.57. The first kappa shape index (κ1) is 8.74. The van der Waals surface area contributed by atoms with E-state index in [-0.39, 0.29) is 0 Å². The van der Waals surface area contributed by atoms with Gasteiger partial charge in [-0.3, -0.25) is 0 Å². The number of nitrogens with one attached hydrogen (secondary N) is 1. The number of nitrogen functional groups attached to an aromatic ring is 1. The lowest BCUT2D eigenvalue weighted by Gasteiger charge is -2.06. The first-order valence-corrected chi connectivity index (χ1v) is 4.57. The Morgan fingerprint density at radius 3 is 2.50 bits per heavy atom. The number of para-hydroxylation sites is 2. The SMILES string of the molecule is CCNc1nc2ccccc2nc1N. The molecule has 0 aliphatic carbocycles. The normalized spacial score (nSPS) is 10.4. The van der Waals surface area contributed by atoms with Gasteiger partial charge < -0.3 is 11.1 Å². The van der Waals surface area contributed by atoms with Gasteiger partial charge in [0.2, 0.25) is 0 Å². The second-order valence-corrected chi connectivity index (χ2v) is 2.98. The van der Waals surface area contributed by atoms with Gasteiger partial charge in [0.1, 0.15) is 0 Å². The fourth-order valence-electron chi connectivity index (χ4n) is 1.31. The molecule has 1 heterocycles. The van der Waals surface area contributed by atoms with E-state index in [0.717, 1.165) is 17.6 Å². The third kappa shape index (κ3) is 1.46. The summed E-state index contributed by atoms with van der Waals surface area (Å²) in [5.74, 6) is 1.11. The van der Waals surface area contributed by atoms with Crippen LogP contribution in [0.2, 0.25) is 0 Å². The fraction of sp³-hybridized carbons (Fsp3) is 0.200. The molecule has 0 radical (unpaired) electrons. The summed E-state index contributed by atoms with van der Waals surface area (Å²) in [6, 6.07) is 7.67. The number of hydrogen-bond acceptors (Lipinski definition) is 4. The van der Waals surface area contributed by atoms with Crippen molar-refractivity contribution in [1.82, 2.24) is 9.97 Å². The molecule has 0 saturated carbocycles. The zero-order chi connectivity index (χ0) is 9.97. The van der Waals surface area contributed by atoms with Crippen LogP contribution in [0.3, 0.4) is 0 Å². The van der Waals surface area contributed by atoms with Gasteiger partial charge in [0, 0.05) is 6.54 Å². The molecule has 0 bridgehead atoms. The third-order valence-electron chi connectivity index (χ3n) is 1.94. The van der Waals surface area contributed by atoms with Crippen LogP contribution in [0, 0.1) is 0 Å². The molecule has 2 aromatic rings. The summed E-state index contributed by atoms with van der Waals surface area (Å²) in [6.45, 7) is 2.79. The average molecular weight is 188 g/mol. The highest BCUT2D eigenvalue weighted by Crippen LogP contribution is 2.17. The van der Waals surface area contributed by atoms with Crippen molar-refractivity contribution < 1.29 is 0 Å². The van der Waals surface area contributed by atoms with E-state index in [1.165, 1.54) is 0 Å². The van der Waals surface area contributed by atoms with E-state index in [4.69, 9.17) is 5.73 Å². The van der Waals surface area contributed by atoms with Crippen LogP contribution in [-0.4, -0.2) is 16.5 Å². The Hall–Kier alpha value is -1.84. The number of fused-ring (bicyclic) bond motifs is 1. The molecule has 1 aromatic carbocycles. The zero-order valence-electron chi connectivity index (χ0n) is 7.99. The van der Waals surface area contributed by atoms with Crippen molar-refractivity contribution in [3.8, 4) is 0 Å². The molecule has 72 valence electrons. The van der Waals surface area contributed by atoms with E-state index in [1.807, 2.05) is 31.2 Å². The predicted molar refractivity (Wildman–Crippen MR) is 58.1 cm³/mol. The quantitative estimate of drug-likeness (QED) is 0.752. The third-order valence-corrected chi connectivity index (χ3v) is 1.94. The van der Waals surface area contributed by atoms with E-state index in [0.29, 0.717) is 11.6 Å². The molecular formula is C10H12N4. The minimum atomic E-state index is 0.450. The Kier molecular flexibility index (Phi) is 2.18. The summed E-state index contributed by atoms with van der Waals surface area (Å²) < 4.78 is 0. The van der Waals surface area contributed by atoms with Crippen LogP contribution in [-0.2, 0) is 0 Å². The summed E-state index contributed by atoms with van der Waals surface area (Å²) in [6.07, 6.45) is 0. The van der Waals surface area contributed by atoms with Gasteiger partial charge in [-0.05, 0) is 19.1 Å². The van der Waals surface area contributed by atoms with E-state index in [9.17, 15) is 0 Å². The summed E-state index contributed by atoms with van der Waals surface area (Å²) >= 11 is 0. The Bertz CT molecular complexity index is 453. The molecule has 4 nitrogen and oxygen atoms in total. The number of anilines is 2. The predicted octanol–water partition coefficient (Wildman–Crippen LogP) is 1.64. The fourth-order valence-corrected chi connectivity index (χ4v) is 1.31. The van der Waals surface area contributed by atoms with Crippen LogP contribution in [0.4, 0.5) is 11.6 Å². The Morgan fingerprint density at radius 2 is 1.86 bits per heavy atom. The van der Waals surface area contributed by atoms with Crippen LogP contribution in [0.15, 0.2) is 24.3 Å². The van der Waals surface area contributed by atoms with Gasteiger partial charge in [-0.1, -0.05) is 12.1 Å². The highest BCUT2D eigenvalue weighted by Gasteiger charge is 2.03. The largest absolute Gasteiger partial charge is 0.381 e. The molecule has 1 aromatic heterocycles. The Morgan fingerprint density at radius 1 is 1.21 bits per heavy atom. The van der Waals surface area contributed by atoms with Crippen LogP contribution in [0.5, 0.6) is 0 Å². The minimum Gasteiger partial charge on any atom is -0.381 e. The van der Waals surface area contributed by atoms with Crippen molar-refractivity contribution >= 4 is 22.7 Å². The van der Waals surface area contributed by atoms with Crippen molar-refractivity contribution in [2.45, 2.75) is 6.92 Å². The van der Waals surface area contributed by atoms with E-state index >= 15 is 0 Å². The summed E-state index contributed by atoms with van der Waals surface area (Å²) in [5, 5.41) is 3.07. The molecule has 3 N–H and O–H groups in total. The van der Waals surface area contributed by atoms with Gasteiger partial charge in [0.25, 0.3) is 0 Å². The van der Waals surface area contributed by atoms with Gasteiger partial charge in [0.15, 0.2) is 11.6 Å². The second-order valence-electron chi connectivity index (χ2n) is 2.98. The molecule has 14 heavy (non-hydrogen) atoms. The van der Waals surface area contributed by atoms with Gasteiger partial charge in [-0.15, -0.1) is 0 Å². The summed E-state index contributed by atoms with van der Waals surface area (Å²) in [4.78, 5) is 8.61. The number of hydrogen-bond donors (Lipinski definition) is 2. The van der Waals surface area contributed by atoms with Gasteiger partial charge in [-0.25, -0.2) is 9.97 Å². The maximum atomic E-state index is 5.74. The molecule has 0 amide bonds. The van der Waals surface area contributed by atoms with Crippen LogP contribution >= 0.6 is 0 Å². The lowest BCUT2D eigenvalue weighted by molar-refractivity contribution is 1.16. The summed E-state index contributed by atoms with van der Waals surface area (Å²) in [7, 11) is 0. The van der Waals surface area contributed by atoms with E-state index in [1.54, 1.807) is 0 Å². The maximum Gasteiger partial charge on any atom is 0.169 e. The van der Waals surface area contributed by atoms with Crippen molar-refractivity contribution in [3.63, 3.8) is 0 Å². The molecule has 0 unspecified atom stereocenters. The standard InChI is InChI=1S/C10H12N4/c1-2-12-10-9(11)13-7-5-3-4-6-8(7)14-10/h3-6H,2H2,1H3,(H2,11,13)(H,12,14). The van der Waals surface area contributed by atoms with Crippen molar-refractivity contribution in [1.29, 1.82) is 0 Å².